The van der Waals surface area contributed by atoms with Crippen LogP contribution >= 0.6 is 0 Å². The van der Waals surface area contributed by atoms with Crippen LogP contribution in [0.3, 0.4) is 0 Å². The fraction of sp³-hybridized carbons (Fsp3) is 0.500. The van der Waals surface area contributed by atoms with Gasteiger partial charge in [-0.15, -0.1) is 0 Å². The molecule has 0 bridgehead atoms. The summed E-state index contributed by atoms with van der Waals surface area (Å²) >= 11 is 0. The van der Waals surface area contributed by atoms with Crippen LogP contribution in [-0.2, 0) is 13.0 Å². The van der Waals surface area contributed by atoms with Gasteiger partial charge in [-0.2, -0.15) is 9.97 Å². The molecular weight excluding hydrogens is 438 g/mol. The number of benzene rings is 2. The van der Waals surface area contributed by atoms with Crippen molar-refractivity contribution in [1.82, 2.24) is 9.97 Å². The molecule has 4 heterocycles. The Balaban J connectivity index is 1.34. The molecule has 3 aromatic rings. The van der Waals surface area contributed by atoms with E-state index in [1.807, 2.05) is 24.3 Å². The topological polar surface area (TPSA) is 61.7 Å². The summed E-state index contributed by atoms with van der Waals surface area (Å²) in [5.74, 6) is 1.35. The van der Waals surface area contributed by atoms with E-state index in [2.05, 4.69) is 42.8 Å². The molecule has 3 aliphatic heterocycles. The largest absolute Gasteiger partial charge is 0.508 e. The number of likely N-dealkylation sites (N-methyl/N-ethyl adjacent to an activating group) is 1. The highest BCUT2D eigenvalue weighted by molar-refractivity contribution is 5.95. The number of phenols is 1. The number of nitrogens with zero attached hydrogens (tertiary/aromatic N) is 5. The summed E-state index contributed by atoms with van der Waals surface area (Å²) in [6, 6.07) is 14.4. The number of hydrogen-bond acceptors (Lipinski definition) is 6. The average molecular weight is 475 g/mol. The van der Waals surface area contributed by atoms with Crippen LogP contribution < -0.4 is 14.5 Å². The highest BCUT2D eigenvalue weighted by atomic mass is 16.5. The molecule has 0 saturated carbocycles. The van der Waals surface area contributed by atoms with E-state index in [-0.39, 0.29) is 0 Å². The van der Waals surface area contributed by atoms with Gasteiger partial charge in [0.2, 0.25) is 0 Å². The monoisotopic (exact) mass is 474 g/mol. The molecule has 7 heteroatoms. The average Bonchev–Trinajstić information content (AvgIpc) is 2.87. The first-order valence-electron chi connectivity index (χ1n) is 12.9. The number of anilines is 2. The van der Waals surface area contributed by atoms with Gasteiger partial charge in [-0.05, 0) is 31.2 Å². The van der Waals surface area contributed by atoms with Gasteiger partial charge in [0.05, 0.1) is 51.9 Å². The minimum atomic E-state index is 0.291. The Morgan fingerprint density at radius 1 is 1.14 bits per heavy atom. The summed E-state index contributed by atoms with van der Waals surface area (Å²) < 4.78 is 6.78. The maximum absolute atomic E-state index is 10.4. The Bertz CT molecular complexity index is 1270. The van der Waals surface area contributed by atoms with Gasteiger partial charge in [0.1, 0.15) is 23.7 Å². The highest BCUT2D eigenvalue weighted by Gasteiger charge is 2.57. The molecule has 4 atom stereocenters. The lowest BCUT2D eigenvalue weighted by atomic mass is 9.81. The highest BCUT2D eigenvalue weighted by Crippen LogP contribution is 2.44. The van der Waals surface area contributed by atoms with Crippen LogP contribution in [-0.4, -0.2) is 71.5 Å². The van der Waals surface area contributed by atoms with Gasteiger partial charge in [-0.1, -0.05) is 31.2 Å². The van der Waals surface area contributed by atoms with Crippen molar-refractivity contribution in [2.75, 3.05) is 43.6 Å². The quantitative estimate of drug-likeness (QED) is 0.574. The van der Waals surface area contributed by atoms with Crippen LogP contribution in [0.25, 0.3) is 10.8 Å². The van der Waals surface area contributed by atoms with Gasteiger partial charge in [-0.25, -0.2) is 0 Å². The van der Waals surface area contributed by atoms with Gasteiger partial charge in [0, 0.05) is 29.2 Å². The van der Waals surface area contributed by atoms with Crippen molar-refractivity contribution < 1.29 is 14.3 Å². The molecule has 2 saturated heterocycles. The summed E-state index contributed by atoms with van der Waals surface area (Å²) in [7, 11) is 4.11. The second-order valence-corrected chi connectivity index (χ2v) is 10.7. The third-order valence-corrected chi connectivity index (χ3v) is 9.12. The van der Waals surface area contributed by atoms with E-state index in [9.17, 15) is 5.11 Å². The molecule has 0 radical (unpaired) electrons. The lowest BCUT2D eigenvalue weighted by Crippen LogP contribution is -2.79. The summed E-state index contributed by atoms with van der Waals surface area (Å²) in [6.45, 7) is 8.33. The number of phenolic OH excluding ortho intramolecular Hbond substituents is 1. The smallest absolute Gasteiger partial charge is 0.318 e. The fourth-order valence-electron chi connectivity index (χ4n) is 6.94. The second-order valence-electron chi connectivity index (χ2n) is 10.7. The number of ether oxygens (including phenoxy) is 1. The summed E-state index contributed by atoms with van der Waals surface area (Å²) in [4.78, 5) is 14.5. The number of quaternary nitrogens is 1. The van der Waals surface area contributed by atoms with Crippen molar-refractivity contribution in [1.29, 1.82) is 0 Å². The van der Waals surface area contributed by atoms with Gasteiger partial charge in [0.15, 0.2) is 0 Å². The van der Waals surface area contributed by atoms with Gasteiger partial charge < -0.3 is 24.1 Å². The van der Waals surface area contributed by atoms with E-state index >= 15 is 0 Å². The maximum atomic E-state index is 10.4. The summed E-state index contributed by atoms with van der Waals surface area (Å²) in [6.07, 6.45) is 3.43. The molecule has 0 spiro atoms. The molecule has 35 heavy (non-hydrogen) atoms. The number of rotatable bonds is 4. The molecule has 184 valence electrons. The molecule has 4 unspecified atom stereocenters. The van der Waals surface area contributed by atoms with E-state index in [1.165, 1.54) is 22.9 Å². The van der Waals surface area contributed by atoms with E-state index in [4.69, 9.17) is 14.7 Å². The zero-order chi connectivity index (χ0) is 24.3. The lowest BCUT2D eigenvalue weighted by molar-refractivity contribution is -1.02. The normalized spacial score (nSPS) is 27.8. The van der Waals surface area contributed by atoms with Crippen LogP contribution in [0.15, 0.2) is 36.4 Å². The first kappa shape index (κ1) is 22.4. The molecule has 7 nitrogen and oxygen atoms in total. The van der Waals surface area contributed by atoms with Crippen molar-refractivity contribution in [2.24, 2.45) is 0 Å². The van der Waals surface area contributed by atoms with Crippen LogP contribution in [0.4, 0.5) is 11.5 Å². The Morgan fingerprint density at radius 2 is 1.97 bits per heavy atom. The molecular formula is C28H36N5O2+. The van der Waals surface area contributed by atoms with Crippen LogP contribution in [0, 0.1) is 0 Å². The summed E-state index contributed by atoms with van der Waals surface area (Å²) in [5, 5.41) is 12.6. The Hall–Kier alpha value is -3.06. The minimum Gasteiger partial charge on any atom is -0.508 e. The molecule has 0 amide bonds. The number of aromatic nitrogens is 2. The van der Waals surface area contributed by atoms with Crippen LogP contribution in [0.1, 0.15) is 37.9 Å². The molecule has 0 aliphatic carbocycles. The van der Waals surface area contributed by atoms with Gasteiger partial charge in [0.25, 0.3) is 0 Å². The zero-order valence-electron chi connectivity index (χ0n) is 21.2. The van der Waals surface area contributed by atoms with E-state index in [0.29, 0.717) is 30.4 Å². The standard InChI is InChI=1S/C28H35N5O2/c1-5-20-13-21-16-32(15-18(2)33(20,21)3)27-24-10-11-31(17-25(24)29-28(30-27)35-4)26-14-22(34)12-19-8-6-7-9-23(19)26/h6-9,12,14,18,20-21H,5,10-11,13,15-17H2,1-4H3/p+1. The van der Waals surface area contributed by atoms with E-state index in [1.54, 1.807) is 7.11 Å². The summed E-state index contributed by atoms with van der Waals surface area (Å²) in [5.41, 5.74) is 3.33. The molecule has 2 fully saturated rings. The first-order chi connectivity index (χ1) is 16.9. The lowest BCUT2D eigenvalue weighted by Gasteiger charge is -2.63. The molecule has 2 aromatic carbocycles. The van der Waals surface area contributed by atoms with E-state index < -0.39 is 0 Å². The number of fused-ring (bicyclic) bond motifs is 3. The SMILES string of the molecule is CCC1CC2CN(c3nc(OC)nc4c3CCN(c3cc(O)cc5ccccc35)C4)CC(C)[N+]12C. The van der Waals surface area contributed by atoms with Crippen molar-refractivity contribution in [2.45, 2.75) is 57.8 Å². The molecule has 1 N–H and O–H groups in total. The predicted octanol–water partition coefficient (Wildman–Crippen LogP) is 4.11. The fourth-order valence-corrected chi connectivity index (χ4v) is 6.94. The van der Waals surface area contributed by atoms with Crippen molar-refractivity contribution in [3.63, 3.8) is 0 Å². The molecule has 3 aliphatic rings. The number of aromatic hydroxyl groups is 1. The van der Waals surface area contributed by atoms with E-state index in [0.717, 1.165) is 60.1 Å². The maximum Gasteiger partial charge on any atom is 0.318 e. The van der Waals surface area contributed by atoms with Crippen LogP contribution in [0.5, 0.6) is 11.8 Å². The minimum absolute atomic E-state index is 0.291. The molecule has 1 aromatic heterocycles. The number of hydrogen-bond donors (Lipinski definition) is 1. The number of methoxy groups -OCH3 is 1. The van der Waals surface area contributed by atoms with Gasteiger partial charge in [-0.3, -0.25) is 0 Å². The Labute approximate surface area is 207 Å². The Kier molecular flexibility index (Phi) is 5.29. The van der Waals surface area contributed by atoms with Crippen molar-refractivity contribution >= 4 is 22.3 Å². The second kappa shape index (κ2) is 8.26. The van der Waals surface area contributed by atoms with Gasteiger partial charge >= 0.3 is 6.01 Å². The van der Waals surface area contributed by atoms with Crippen molar-refractivity contribution in [3.8, 4) is 11.8 Å². The number of piperazine rings is 1. The predicted molar refractivity (Wildman–Crippen MR) is 139 cm³/mol. The molecule has 6 rings (SSSR count). The zero-order valence-corrected chi connectivity index (χ0v) is 21.2. The first-order valence-corrected chi connectivity index (χ1v) is 12.9. The third-order valence-electron chi connectivity index (χ3n) is 9.12. The van der Waals surface area contributed by atoms with Crippen LogP contribution in [0.2, 0.25) is 0 Å². The van der Waals surface area contributed by atoms with Crippen molar-refractivity contribution in [3.05, 3.63) is 47.7 Å². The Morgan fingerprint density at radius 3 is 2.74 bits per heavy atom. The third kappa shape index (κ3) is 3.43.